The normalized spacial score (nSPS) is 11.8. The smallest absolute Gasteiger partial charge is 0.335 e. The molecule has 0 saturated carbocycles. The molecule has 0 aliphatic rings. The summed E-state index contributed by atoms with van der Waals surface area (Å²) in [6.07, 6.45) is 0.412. The van der Waals surface area contributed by atoms with Crippen molar-refractivity contribution in [3.05, 3.63) is 81.4 Å². The van der Waals surface area contributed by atoms with Crippen molar-refractivity contribution in [3.8, 4) is 17.0 Å². The molecule has 0 saturated heterocycles. The summed E-state index contributed by atoms with van der Waals surface area (Å²) in [5.74, 6) is 1.01. The number of rotatable bonds is 12. The highest BCUT2D eigenvalue weighted by molar-refractivity contribution is 6.30. The number of carbonyl (C=O) groups excluding carboxylic acids is 1. The molecule has 186 valence electrons. The molecule has 0 N–H and O–H groups in total. The lowest BCUT2D eigenvalue weighted by atomic mass is 10.1. The van der Waals surface area contributed by atoms with Gasteiger partial charge >= 0.3 is 5.97 Å². The zero-order valence-corrected chi connectivity index (χ0v) is 21.1. The summed E-state index contributed by atoms with van der Waals surface area (Å²) >= 11 is 5.97. The number of hydrogen-bond acceptors (Lipinski definition) is 6. The molecule has 35 heavy (non-hydrogen) atoms. The van der Waals surface area contributed by atoms with E-state index in [-0.39, 0.29) is 11.5 Å². The monoisotopic (exact) mass is 498 g/mol. The van der Waals surface area contributed by atoms with Crippen molar-refractivity contribution in [1.82, 2.24) is 9.55 Å². The summed E-state index contributed by atoms with van der Waals surface area (Å²) < 4.78 is 18.1. The van der Waals surface area contributed by atoms with E-state index in [9.17, 15) is 9.59 Å². The van der Waals surface area contributed by atoms with Gasteiger partial charge in [-0.05, 0) is 43.7 Å². The summed E-state index contributed by atoms with van der Waals surface area (Å²) in [6, 6.07) is 16.3. The summed E-state index contributed by atoms with van der Waals surface area (Å²) in [6.45, 7) is 7.03. The van der Waals surface area contributed by atoms with Crippen LogP contribution in [0.4, 0.5) is 0 Å². The number of halogens is 1. The molecule has 8 heteroatoms. The molecule has 1 unspecified atom stereocenters. The average Bonchev–Trinajstić information content (AvgIpc) is 2.86. The fraction of sp³-hybridized carbons (Fsp3) is 0.370. The number of benzene rings is 2. The molecule has 0 spiro atoms. The van der Waals surface area contributed by atoms with E-state index in [2.05, 4.69) is 4.98 Å². The van der Waals surface area contributed by atoms with E-state index in [1.165, 1.54) is 6.07 Å². The van der Waals surface area contributed by atoms with Crippen molar-refractivity contribution in [2.45, 2.75) is 46.3 Å². The van der Waals surface area contributed by atoms with Gasteiger partial charge in [0.1, 0.15) is 18.2 Å². The molecule has 3 aromatic rings. The second-order valence-electron chi connectivity index (χ2n) is 7.80. The van der Waals surface area contributed by atoms with Crippen molar-refractivity contribution in [1.29, 1.82) is 0 Å². The maximum Gasteiger partial charge on any atom is 0.335 e. The number of aromatic nitrogens is 2. The van der Waals surface area contributed by atoms with Crippen LogP contribution in [-0.2, 0) is 33.7 Å². The molecular formula is C27H31ClN2O5. The van der Waals surface area contributed by atoms with E-state index >= 15 is 0 Å². The molecule has 1 atom stereocenters. The van der Waals surface area contributed by atoms with Gasteiger partial charge in [0.05, 0.1) is 18.8 Å². The Morgan fingerprint density at radius 1 is 1.03 bits per heavy atom. The first-order valence-corrected chi connectivity index (χ1v) is 12.2. The van der Waals surface area contributed by atoms with Crippen LogP contribution < -0.4 is 10.3 Å². The topological polar surface area (TPSA) is 79.7 Å². The van der Waals surface area contributed by atoms with Crippen LogP contribution in [0.25, 0.3) is 11.3 Å². The fourth-order valence-electron chi connectivity index (χ4n) is 3.67. The van der Waals surface area contributed by atoms with Crippen molar-refractivity contribution in [3.63, 3.8) is 0 Å². The molecule has 0 radical (unpaired) electrons. The van der Waals surface area contributed by atoms with Crippen molar-refractivity contribution >= 4 is 17.6 Å². The van der Waals surface area contributed by atoms with Gasteiger partial charge in [0.25, 0.3) is 5.56 Å². The number of aryl methyl sites for hydroxylation is 1. The van der Waals surface area contributed by atoms with E-state index < -0.39 is 6.10 Å². The molecule has 0 bridgehead atoms. The highest BCUT2D eigenvalue weighted by Gasteiger charge is 2.20. The van der Waals surface area contributed by atoms with Gasteiger partial charge in [0.15, 0.2) is 6.10 Å². The standard InChI is InChI=1S/C27H31ClN2O5/c1-4-25-29-23(20-9-11-21(28)12-10-20)18-26(31)30(25)15-16-35-22-13-7-19(8-14-22)17-24(33-5-2)27(32)34-6-3/h7-14,18,24H,4-6,15-17H2,1-3H3. The van der Waals surface area contributed by atoms with Crippen molar-refractivity contribution in [2.24, 2.45) is 0 Å². The summed E-state index contributed by atoms with van der Waals surface area (Å²) in [5, 5.41) is 0.635. The first kappa shape index (κ1) is 26.4. The lowest BCUT2D eigenvalue weighted by Gasteiger charge is -2.16. The Kier molecular flexibility index (Phi) is 9.87. The van der Waals surface area contributed by atoms with Crippen LogP contribution in [0.3, 0.4) is 0 Å². The lowest BCUT2D eigenvalue weighted by molar-refractivity contribution is -0.156. The largest absolute Gasteiger partial charge is 0.492 e. The van der Waals surface area contributed by atoms with E-state index in [4.69, 9.17) is 25.8 Å². The maximum absolute atomic E-state index is 12.8. The molecule has 0 aliphatic carbocycles. The highest BCUT2D eigenvalue weighted by atomic mass is 35.5. The van der Waals surface area contributed by atoms with Gasteiger partial charge in [-0.25, -0.2) is 9.78 Å². The van der Waals surface area contributed by atoms with E-state index in [0.29, 0.717) is 61.5 Å². The third-order valence-electron chi connectivity index (χ3n) is 5.39. The summed E-state index contributed by atoms with van der Waals surface area (Å²) in [5.41, 5.74) is 2.29. The van der Waals surface area contributed by atoms with Crippen LogP contribution in [-0.4, -0.2) is 41.4 Å². The Hall–Kier alpha value is -3.16. The number of nitrogens with zero attached hydrogens (tertiary/aromatic N) is 2. The van der Waals surface area contributed by atoms with E-state index in [1.54, 1.807) is 23.6 Å². The maximum atomic E-state index is 12.8. The Morgan fingerprint density at radius 3 is 2.37 bits per heavy atom. The molecule has 1 heterocycles. The Balaban J connectivity index is 1.62. The number of carbonyl (C=O) groups is 1. The Bertz CT molecular complexity index is 1160. The second kappa shape index (κ2) is 13.1. The predicted octanol–water partition coefficient (Wildman–Crippen LogP) is 4.72. The number of ether oxygens (including phenoxy) is 3. The van der Waals surface area contributed by atoms with Gasteiger partial charge in [0.2, 0.25) is 0 Å². The van der Waals surface area contributed by atoms with Gasteiger partial charge in [-0.3, -0.25) is 9.36 Å². The Morgan fingerprint density at radius 2 is 1.74 bits per heavy atom. The van der Waals surface area contributed by atoms with Crippen molar-refractivity contribution < 1.29 is 19.0 Å². The summed E-state index contributed by atoms with van der Waals surface area (Å²) in [4.78, 5) is 29.5. The van der Waals surface area contributed by atoms with Gasteiger partial charge in [0, 0.05) is 36.1 Å². The first-order valence-electron chi connectivity index (χ1n) is 11.8. The van der Waals surface area contributed by atoms with E-state index in [1.807, 2.05) is 50.2 Å². The molecule has 0 fully saturated rings. The summed E-state index contributed by atoms with van der Waals surface area (Å²) in [7, 11) is 0. The fourth-order valence-corrected chi connectivity index (χ4v) is 3.79. The SMILES string of the molecule is CCOC(=O)C(Cc1ccc(OCCn2c(CC)nc(-c3ccc(Cl)cc3)cc2=O)cc1)OCC. The van der Waals surface area contributed by atoms with Gasteiger partial charge in [-0.15, -0.1) is 0 Å². The van der Waals surface area contributed by atoms with Crippen LogP contribution in [0.15, 0.2) is 59.4 Å². The van der Waals surface area contributed by atoms with Crippen LogP contribution >= 0.6 is 11.6 Å². The molecule has 2 aromatic carbocycles. The molecule has 0 aliphatic heterocycles. The zero-order chi connectivity index (χ0) is 25.2. The molecule has 3 rings (SSSR count). The van der Waals surface area contributed by atoms with Gasteiger partial charge < -0.3 is 14.2 Å². The molecule has 0 amide bonds. The zero-order valence-electron chi connectivity index (χ0n) is 20.3. The highest BCUT2D eigenvalue weighted by Crippen LogP contribution is 2.19. The second-order valence-corrected chi connectivity index (χ2v) is 8.24. The molecule has 7 nitrogen and oxygen atoms in total. The predicted molar refractivity (Wildman–Crippen MR) is 136 cm³/mol. The minimum absolute atomic E-state index is 0.123. The quantitative estimate of drug-likeness (QED) is 0.336. The lowest BCUT2D eigenvalue weighted by Crippen LogP contribution is -2.29. The third-order valence-corrected chi connectivity index (χ3v) is 5.64. The van der Waals surface area contributed by atoms with E-state index in [0.717, 1.165) is 11.1 Å². The average molecular weight is 499 g/mol. The molecule has 1 aromatic heterocycles. The minimum Gasteiger partial charge on any atom is -0.492 e. The molecular weight excluding hydrogens is 468 g/mol. The van der Waals surface area contributed by atoms with Crippen LogP contribution in [0.2, 0.25) is 5.02 Å². The van der Waals surface area contributed by atoms with Crippen LogP contribution in [0, 0.1) is 0 Å². The van der Waals surface area contributed by atoms with Gasteiger partial charge in [-0.2, -0.15) is 0 Å². The minimum atomic E-state index is -0.630. The first-order chi connectivity index (χ1) is 16.9. The van der Waals surface area contributed by atoms with Crippen molar-refractivity contribution in [2.75, 3.05) is 19.8 Å². The van der Waals surface area contributed by atoms with Crippen LogP contribution in [0.5, 0.6) is 5.75 Å². The Labute approximate surface area is 210 Å². The number of hydrogen-bond donors (Lipinski definition) is 0. The number of esters is 1. The van der Waals surface area contributed by atoms with Crippen LogP contribution in [0.1, 0.15) is 32.2 Å². The van der Waals surface area contributed by atoms with Gasteiger partial charge in [-0.1, -0.05) is 42.8 Å². The third kappa shape index (κ3) is 7.41.